The van der Waals surface area contributed by atoms with Gasteiger partial charge >= 0.3 is 5.97 Å². The number of sulfonamides is 1. The van der Waals surface area contributed by atoms with Crippen molar-refractivity contribution in [3.63, 3.8) is 0 Å². The summed E-state index contributed by atoms with van der Waals surface area (Å²) in [5.74, 6) is -1.31. The lowest BCUT2D eigenvalue weighted by Crippen LogP contribution is -2.17. The fourth-order valence-electron chi connectivity index (χ4n) is 2.37. The van der Waals surface area contributed by atoms with Crippen LogP contribution < -0.4 is 5.14 Å². The number of benzene rings is 1. The van der Waals surface area contributed by atoms with Crippen LogP contribution in [0.3, 0.4) is 0 Å². The number of halogens is 2. The summed E-state index contributed by atoms with van der Waals surface area (Å²) in [5.41, 5.74) is -0.183. The first-order valence-corrected chi connectivity index (χ1v) is 8.82. The maximum absolute atomic E-state index is 13.5. The Balaban J connectivity index is 2.22. The second-order valence-electron chi connectivity index (χ2n) is 5.06. The molecule has 0 aromatic heterocycles. The van der Waals surface area contributed by atoms with Crippen LogP contribution >= 0.6 is 15.9 Å². The molecule has 0 bridgehead atoms. The van der Waals surface area contributed by atoms with Crippen molar-refractivity contribution in [2.75, 3.05) is 6.61 Å². The van der Waals surface area contributed by atoms with Gasteiger partial charge in [0, 0.05) is 0 Å². The molecule has 1 aliphatic rings. The summed E-state index contributed by atoms with van der Waals surface area (Å²) in [5, 5.41) is 4.99. The van der Waals surface area contributed by atoms with Gasteiger partial charge in [-0.2, -0.15) is 0 Å². The Morgan fingerprint density at radius 1 is 1.38 bits per heavy atom. The molecule has 116 valence electrons. The zero-order valence-electron chi connectivity index (χ0n) is 11.1. The van der Waals surface area contributed by atoms with Gasteiger partial charge in [0.1, 0.15) is 5.82 Å². The average Bonchev–Trinajstić information content (AvgIpc) is 2.90. The van der Waals surface area contributed by atoms with Gasteiger partial charge in [-0.05, 0) is 46.8 Å². The highest BCUT2D eigenvalue weighted by Crippen LogP contribution is 2.29. The van der Waals surface area contributed by atoms with Crippen LogP contribution in [-0.4, -0.2) is 21.0 Å². The van der Waals surface area contributed by atoms with Crippen LogP contribution in [0.4, 0.5) is 4.39 Å². The zero-order valence-corrected chi connectivity index (χ0v) is 13.5. The quantitative estimate of drug-likeness (QED) is 0.814. The maximum atomic E-state index is 13.5. The number of hydrogen-bond donors (Lipinski definition) is 1. The van der Waals surface area contributed by atoms with E-state index in [1.54, 1.807) is 0 Å². The molecular formula is C13H15BrFNO4S. The van der Waals surface area contributed by atoms with Crippen molar-refractivity contribution in [2.24, 2.45) is 11.1 Å². The Morgan fingerprint density at radius 3 is 2.57 bits per heavy atom. The lowest BCUT2D eigenvalue weighted by molar-refractivity contribution is 0.0440. The summed E-state index contributed by atoms with van der Waals surface area (Å²) in [6.45, 7) is 0.256. The van der Waals surface area contributed by atoms with E-state index in [9.17, 15) is 17.6 Å². The predicted molar refractivity (Wildman–Crippen MR) is 77.7 cm³/mol. The number of nitrogens with two attached hydrogens (primary N) is 1. The third kappa shape index (κ3) is 4.02. The van der Waals surface area contributed by atoms with Crippen molar-refractivity contribution >= 4 is 31.9 Å². The third-order valence-electron chi connectivity index (χ3n) is 3.46. The summed E-state index contributed by atoms with van der Waals surface area (Å²) < 4.78 is 41.3. The van der Waals surface area contributed by atoms with Gasteiger partial charge < -0.3 is 4.74 Å². The van der Waals surface area contributed by atoms with Crippen LogP contribution in [0.15, 0.2) is 21.5 Å². The molecular weight excluding hydrogens is 365 g/mol. The molecule has 1 aliphatic carbocycles. The van der Waals surface area contributed by atoms with Gasteiger partial charge in [0.05, 0.1) is 21.5 Å². The molecule has 0 atom stereocenters. The summed E-state index contributed by atoms with van der Waals surface area (Å²) >= 11 is 2.98. The molecule has 1 fully saturated rings. The molecule has 0 unspecified atom stereocenters. The average molecular weight is 380 g/mol. The first-order valence-electron chi connectivity index (χ1n) is 6.48. The number of ether oxygens (including phenoxy) is 1. The fourth-order valence-corrected chi connectivity index (χ4v) is 4.07. The lowest BCUT2D eigenvalue weighted by atomic mass is 10.1. The van der Waals surface area contributed by atoms with Gasteiger partial charge in [-0.15, -0.1) is 0 Å². The SMILES string of the molecule is NS(=O)(=O)c1cc(F)cc(C(=O)OCC2CCCC2)c1Br. The molecule has 1 aromatic rings. The fraction of sp³-hybridized carbons (Fsp3) is 0.462. The molecule has 0 aliphatic heterocycles. The molecule has 2 rings (SSSR count). The van der Waals surface area contributed by atoms with E-state index in [1.165, 1.54) is 0 Å². The van der Waals surface area contributed by atoms with Gasteiger partial charge in [0.25, 0.3) is 0 Å². The van der Waals surface area contributed by atoms with Crippen LogP contribution in [0.25, 0.3) is 0 Å². The minimum atomic E-state index is -4.14. The van der Waals surface area contributed by atoms with E-state index in [2.05, 4.69) is 15.9 Å². The number of rotatable bonds is 4. The zero-order chi connectivity index (χ0) is 15.6. The van der Waals surface area contributed by atoms with E-state index in [-0.39, 0.29) is 16.6 Å². The Kier molecular flexibility index (Phi) is 5.00. The molecule has 0 amide bonds. The van der Waals surface area contributed by atoms with Crippen molar-refractivity contribution in [3.8, 4) is 0 Å². The molecule has 2 N–H and O–H groups in total. The van der Waals surface area contributed by atoms with E-state index in [0.717, 1.165) is 37.8 Å². The standard InChI is InChI=1S/C13H15BrFNO4S/c14-12-10(5-9(15)6-11(12)21(16,18)19)13(17)20-7-8-3-1-2-4-8/h5-6,8H,1-4,7H2,(H2,16,18,19). The second kappa shape index (κ2) is 6.41. The van der Waals surface area contributed by atoms with E-state index < -0.39 is 26.7 Å². The van der Waals surface area contributed by atoms with Crippen molar-refractivity contribution in [2.45, 2.75) is 30.6 Å². The van der Waals surface area contributed by atoms with Gasteiger partial charge in [-0.25, -0.2) is 22.7 Å². The van der Waals surface area contributed by atoms with Crippen molar-refractivity contribution < 1.29 is 22.3 Å². The van der Waals surface area contributed by atoms with Crippen molar-refractivity contribution in [1.29, 1.82) is 0 Å². The molecule has 0 heterocycles. The Hall–Kier alpha value is -0.990. The van der Waals surface area contributed by atoms with Crippen molar-refractivity contribution in [1.82, 2.24) is 0 Å². The molecule has 0 radical (unpaired) electrons. The Labute approximate surface area is 130 Å². The van der Waals surface area contributed by atoms with Gasteiger partial charge in [-0.1, -0.05) is 12.8 Å². The Bertz CT molecular complexity index is 656. The van der Waals surface area contributed by atoms with Crippen LogP contribution in [0.5, 0.6) is 0 Å². The van der Waals surface area contributed by atoms with E-state index in [4.69, 9.17) is 9.88 Å². The number of hydrogen-bond acceptors (Lipinski definition) is 4. The van der Waals surface area contributed by atoms with Gasteiger partial charge in [-0.3, -0.25) is 0 Å². The van der Waals surface area contributed by atoms with E-state index in [1.807, 2.05) is 0 Å². The largest absolute Gasteiger partial charge is 0.462 e. The highest BCUT2D eigenvalue weighted by Gasteiger charge is 2.23. The minimum absolute atomic E-state index is 0.0807. The minimum Gasteiger partial charge on any atom is -0.462 e. The smallest absolute Gasteiger partial charge is 0.339 e. The van der Waals surface area contributed by atoms with Gasteiger partial charge in [0.2, 0.25) is 10.0 Å². The molecule has 1 aromatic carbocycles. The third-order valence-corrected chi connectivity index (χ3v) is 5.51. The highest BCUT2D eigenvalue weighted by molar-refractivity contribution is 9.10. The Morgan fingerprint density at radius 2 is 2.00 bits per heavy atom. The first kappa shape index (κ1) is 16.4. The summed E-state index contributed by atoms with van der Waals surface area (Å²) in [6.07, 6.45) is 4.23. The van der Waals surface area contributed by atoms with Crippen LogP contribution in [0.2, 0.25) is 0 Å². The molecule has 8 heteroatoms. The number of carbonyl (C=O) groups is 1. The highest BCUT2D eigenvalue weighted by atomic mass is 79.9. The predicted octanol–water partition coefficient (Wildman–Crippen LogP) is 2.58. The molecule has 1 saturated carbocycles. The van der Waals surface area contributed by atoms with Gasteiger partial charge in [0.15, 0.2) is 0 Å². The van der Waals surface area contributed by atoms with Crippen molar-refractivity contribution in [3.05, 3.63) is 28.0 Å². The molecule has 0 saturated heterocycles. The second-order valence-corrected chi connectivity index (χ2v) is 7.38. The van der Waals surface area contributed by atoms with Crippen LogP contribution in [0.1, 0.15) is 36.0 Å². The monoisotopic (exact) mass is 379 g/mol. The number of esters is 1. The topological polar surface area (TPSA) is 86.5 Å². The summed E-state index contributed by atoms with van der Waals surface area (Å²) in [6, 6.07) is 1.68. The first-order chi connectivity index (χ1) is 9.79. The molecule has 0 spiro atoms. The van der Waals surface area contributed by atoms with E-state index in [0.29, 0.717) is 5.92 Å². The normalized spacial score (nSPS) is 16.1. The van der Waals surface area contributed by atoms with E-state index >= 15 is 0 Å². The maximum Gasteiger partial charge on any atom is 0.339 e. The van der Waals surface area contributed by atoms with Crippen LogP contribution in [0, 0.1) is 11.7 Å². The van der Waals surface area contributed by atoms with Crippen LogP contribution in [-0.2, 0) is 14.8 Å². The number of carbonyl (C=O) groups excluding carboxylic acids is 1. The lowest BCUT2D eigenvalue weighted by Gasteiger charge is -2.12. The molecule has 5 nitrogen and oxygen atoms in total. The summed E-state index contributed by atoms with van der Waals surface area (Å²) in [7, 11) is -4.14. The molecule has 21 heavy (non-hydrogen) atoms. The summed E-state index contributed by atoms with van der Waals surface area (Å²) in [4.78, 5) is 11.5. The number of primary sulfonamides is 1.